The van der Waals surface area contributed by atoms with Crippen LogP contribution in [0.15, 0.2) is 23.3 Å². The smallest absolute Gasteiger partial charge is 0.0471 e. The van der Waals surface area contributed by atoms with Crippen molar-refractivity contribution in [2.75, 3.05) is 6.61 Å². The summed E-state index contributed by atoms with van der Waals surface area (Å²) in [5.74, 6) is 0.808. The Morgan fingerprint density at radius 2 is 2.16 bits per heavy atom. The van der Waals surface area contributed by atoms with Gasteiger partial charge in [0.05, 0.1) is 0 Å². The van der Waals surface area contributed by atoms with Crippen molar-refractivity contribution in [2.45, 2.75) is 72.6 Å². The number of hydrogen-bond donors (Lipinski definition) is 1. The maximum Gasteiger partial charge on any atom is 0.0471 e. The molecule has 110 valence electrons. The standard InChI is InChI=1S/C18H32O/c1-5-6-7-8-15(13-14-19)16-9-11-17(12-10-16)18(2,3)4/h8-9,17,19H,5-7,10-14H2,1-4H3/b15-8-. The number of unbranched alkanes of at least 4 members (excludes halogenated alkanes) is 2. The molecule has 1 aliphatic carbocycles. The van der Waals surface area contributed by atoms with Crippen LogP contribution in [0.1, 0.15) is 72.6 Å². The van der Waals surface area contributed by atoms with Crippen molar-refractivity contribution in [2.24, 2.45) is 11.3 Å². The van der Waals surface area contributed by atoms with E-state index in [9.17, 15) is 5.11 Å². The van der Waals surface area contributed by atoms with Crippen molar-refractivity contribution in [3.63, 3.8) is 0 Å². The second kappa shape index (κ2) is 7.89. The first-order valence-electron chi connectivity index (χ1n) is 7.98. The molecule has 0 aliphatic heterocycles. The van der Waals surface area contributed by atoms with E-state index in [0.717, 1.165) is 18.8 Å². The second-order valence-corrected chi connectivity index (χ2v) is 6.91. The van der Waals surface area contributed by atoms with E-state index < -0.39 is 0 Å². The average Bonchev–Trinajstić information content (AvgIpc) is 2.37. The lowest BCUT2D eigenvalue weighted by atomic mass is 9.72. The fourth-order valence-electron chi connectivity index (χ4n) is 2.91. The number of rotatable bonds is 6. The summed E-state index contributed by atoms with van der Waals surface area (Å²) in [6.45, 7) is 9.55. The molecule has 0 radical (unpaired) electrons. The van der Waals surface area contributed by atoms with Crippen LogP contribution in [0.3, 0.4) is 0 Å². The monoisotopic (exact) mass is 264 g/mol. The maximum absolute atomic E-state index is 9.24. The molecule has 0 bridgehead atoms. The molecule has 0 aromatic rings. The van der Waals surface area contributed by atoms with Crippen molar-refractivity contribution >= 4 is 0 Å². The topological polar surface area (TPSA) is 20.2 Å². The van der Waals surface area contributed by atoms with Gasteiger partial charge in [0.15, 0.2) is 0 Å². The predicted molar refractivity (Wildman–Crippen MR) is 84.2 cm³/mol. The SMILES string of the molecule is CCCC/C=C(/CCO)C1=CCC(C(C)(C)C)CC1. The molecule has 1 unspecified atom stereocenters. The highest BCUT2D eigenvalue weighted by Gasteiger charge is 2.26. The predicted octanol–water partition coefficient (Wildman–Crippen LogP) is 5.26. The first-order chi connectivity index (χ1) is 8.99. The summed E-state index contributed by atoms with van der Waals surface area (Å²) in [4.78, 5) is 0. The Bertz CT molecular complexity index is 317. The van der Waals surface area contributed by atoms with Gasteiger partial charge in [-0.15, -0.1) is 0 Å². The Hall–Kier alpha value is -0.560. The van der Waals surface area contributed by atoms with Crippen LogP contribution in [0.4, 0.5) is 0 Å². The van der Waals surface area contributed by atoms with Gasteiger partial charge in [-0.1, -0.05) is 52.7 Å². The van der Waals surface area contributed by atoms with E-state index in [4.69, 9.17) is 0 Å². The minimum Gasteiger partial charge on any atom is -0.396 e. The third kappa shape index (κ3) is 5.52. The summed E-state index contributed by atoms with van der Waals surface area (Å²) in [5, 5.41) is 9.24. The van der Waals surface area contributed by atoms with Gasteiger partial charge in [-0.05, 0) is 54.6 Å². The molecular weight excluding hydrogens is 232 g/mol. The lowest BCUT2D eigenvalue weighted by molar-refractivity contribution is 0.221. The van der Waals surface area contributed by atoms with Crippen molar-refractivity contribution < 1.29 is 5.11 Å². The zero-order valence-electron chi connectivity index (χ0n) is 13.3. The van der Waals surface area contributed by atoms with E-state index in [1.807, 2.05) is 0 Å². The largest absolute Gasteiger partial charge is 0.396 e. The Balaban J connectivity index is 2.66. The highest BCUT2D eigenvalue weighted by Crippen LogP contribution is 2.39. The summed E-state index contributed by atoms with van der Waals surface area (Å²) in [5.41, 5.74) is 3.33. The van der Waals surface area contributed by atoms with Gasteiger partial charge in [0.25, 0.3) is 0 Å². The zero-order chi connectivity index (χ0) is 14.3. The molecule has 1 atom stereocenters. The number of allylic oxidation sites excluding steroid dienone is 3. The zero-order valence-corrected chi connectivity index (χ0v) is 13.3. The van der Waals surface area contributed by atoms with E-state index in [1.54, 1.807) is 0 Å². The van der Waals surface area contributed by atoms with Gasteiger partial charge < -0.3 is 5.11 Å². The van der Waals surface area contributed by atoms with E-state index in [1.165, 1.54) is 43.3 Å². The van der Waals surface area contributed by atoms with Crippen LogP contribution >= 0.6 is 0 Å². The molecule has 1 nitrogen and oxygen atoms in total. The van der Waals surface area contributed by atoms with Crippen LogP contribution in [0, 0.1) is 11.3 Å². The third-order valence-corrected chi connectivity index (χ3v) is 4.38. The highest BCUT2D eigenvalue weighted by molar-refractivity contribution is 5.32. The molecule has 0 saturated carbocycles. The summed E-state index contributed by atoms with van der Waals surface area (Å²) in [6, 6.07) is 0. The molecule has 1 aliphatic rings. The number of aliphatic hydroxyl groups excluding tert-OH is 1. The average molecular weight is 264 g/mol. The van der Waals surface area contributed by atoms with Gasteiger partial charge >= 0.3 is 0 Å². The molecule has 1 heteroatoms. The molecule has 0 saturated heterocycles. The van der Waals surface area contributed by atoms with Gasteiger partial charge in [0.2, 0.25) is 0 Å². The van der Waals surface area contributed by atoms with E-state index >= 15 is 0 Å². The van der Waals surface area contributed by atoms with Crippen molar-refractivity contribution in [3.8, 4) is 0 Å². The Morgan fingerprint density at radius 1 is 1.42 bits per heavy atom. The lowest BCUT2D eigenvalue weighted by Gasteiger charge is -2.33. The van der Waals surface area contributed by atoms with Crippen molar-refractivity contribution in [3.05, 3.63) is 23.3 Å². The molecule has 1 N–H and O–H groups in total. The number of hydrogen-bond acceptors (Lipinski definition) is 1. The van der Waals surface area contributed by atoms with Crippen LogP contribution in [0.25, 0.3) is 0 Å². The molecule has 0 amide bonds. The Kier molecular flexibility index (Phi) is 6.85. The molecule has 0 heterocycles. The van der Waals surface area contributed by atoms with E-state index in [2.05, 4.69) is 39.8 Å². The summed E-state index contributed by atoms with van der Waals surface area (Å²) < 4.78 is 0. The number of aliphatic hydroxyl groups is 1. The van der Waals surface area contributed by atoms with Crippen molar-refractivity contribution in [1.29, 1.82) is 0 Å². The minimum absolute atomic E-state index is 0.276. The maximum atomic E-state index is 9.24. The van der Waals surface area contributed by atoms with E-state index in [-0.39, 0.29) is 6.61 Å². The molecule has 0 spiro atoms. The van der Waals surface area contributed by atoms with Crippen molar-refractivity contribution in [1.82, 2.24) is 0 Å². The highest BCUT2D eigenvalue weighted by atomic mass is 16.2. The van der Waals surface area contributed by atoms with Crippen LogP contribution in [0.5, 0.6) is 0 Å². The molecule has 0 fully saturated rings. The fraction of sp³-hybridized carbons (Fsp3) is 0.778. The molecular formula is C18H32O. The molecule has 0 aromatic carbocycles. The van der Waals surface area contributed by atoms with Crippen LogP contribution < -0.4 is 0 Å². The van der Waals surface area contributed by atoms with Crippen LogP contribution in [0.2, 0.25) is 0 Å². The summed E-state index contributed by atoms with van der Waals surface area (Å²) >= 11 is 0. The Morgan fingerprint density at radius 3 is 2.63 bits per heavy atom. The molecule has 19 heavy (non-hydrogen) atoms. The lowest BCUT2D eigenvalue weighted by Crippen LogP contribution is -2.22. The summed E-state index contributed by atoms with van der Waals surface area (Å²) in [7, 11) is 0. The second-order valence-electron chi connectivity index (χ2n) is 6.91. The first-order valence-corrected chi connectivity index (χ1v) is 7.98. The molecule has 1 rings (SSSR count). The van der Waals surface area contributed by atoms with Crippen LogP contribution in [-0.2, 0) is 0 Å². The van der Waals surface area contributed by atoms with Gasteiger partial charge in [-0.3, -0.25) is 0 Å². The quantitative estimate of drug-likeness (QED) is 0.649. The normalized spacial score (nSPS) is 21.4. The van der Waals surface area contributed by atoms with Gasteiger partial charge in [0.1, 0.15) is 0 Å². The minimum atomic E-state index is 0.276. The summed E-state index contributed by atoms with van der Waals surface area (Å²) in [6.07, 6.45) is 13.0. The first kappa shape index (κ1) is 16.5. The third-order valence-electron chi connectivity index (χ3n) is 4.38. The van der Waals surface area contributed by atoms with Gasteiger partial charge in [-0.25, -0.2) is 0 Å². The Labute approximate surface area is 119 Å². The molecule has 0 aromatic heterocycles. The van der Waals surface area contributed by atoms with Gasteiger partial charge in [0, 0.05) is 6.61 Å². The fourth-order valence-corrected chi connectivity index (χ4v) is 2.91. The van der Waals surface area contributed by atoms with Crippen LogP contribution in [-0.4, -0.2) is 11.7 Å². The van der Waals surface area contributed by atoms with E-state index in [0.29, 0.717) is 5.41 Å². The van der Waals surface area contributed by atoms with Gasteiger partial charge in [-0.2, -0.15) is 0 Å².